The Balaban J connectivity index is 1.36. The summed E-state index contributed by atoms with van der Waals surface area (Å²) in [5.41, 5.74) is 1.52. The lowest BCUT2D eigenvalue weighted by Crippen LogP contribution is -2.58. The highest BCUT2D eigenvalue weighted by atomic mass is 16.5. The number of carboxylic acid groups (broad SMARTS) is 1. The number of rotatable bonds is 6. The van der Waals surface area contributed by atoms with Gasteiger partial charge in [-0.3, -0.25) is 24.1 Å². The van der Waals surface area contributed by atoms with Crippen molar-refractivity contribution in [2.75, 3.05) is 12.0 Å². The molecule has 2 amide bonds. The van der Waals surface area contributed by atoms with Gasteiger partial charge in [0.25, 0.3) is 0 Å². The molecular weight excluding hydrogens is 646 g/mol. The molecule has 2 N–H and O–H groups in total. The summed E-state index contributed by atoms with van der Waals surface area (Å²) in [5, 5.41) is 20.1. The van der Waals surface area contributed by atoms with E-state index in [9.17, 15) is 24.6 Å². The van der Waals surface area contributed by atoms with Crippen LogP contribution in [0.25, 0.3) is 5.57 Å². The molecule has 0 spiro atoms. The first-order valence-electron chi connectivity index (χ1n) is 16.9. The summed E-state index contributed by atoms with van der Waals surface area (Å²) >= 11 is 0. The number of benzene rings is 4. The Labute approximate surface area is 293 Å². The minimum absolute atomic E-state index is 0.0425. The van der Waals surface area contributed by atoms with Gasteiger partial charge in [-0.05, 0) is 60.2 Å². The first kappa shape index (κ1) is 32.1. The van der Waals surface area contributed by atoms with Crippen LogP contribution in [0.5, 0.6) is 11.5 Å². The van der Waals surface area contributed by atoms with Crippen LogP contribution in [0.15, 0.2) is 121 Å². The second-order valence-corrected chi connectivity index (χ2v) is 13.6. The minimum Gasteiger partial charge on any atom is -0.508 e. The monoisotopic (exact) mass is 679 g/mol. The third kappa shape index (κ3) is 4.71. The number of anilines is 1. The molecule has 8 rings (SSSR count). The van der Waals surface area contributed by atoms with Crippen LogP contribution in [0.3, 0.4) is 0 Å². The van der Waals surface area contributed by atoms with Gasteiger partial charge in [-0.25, -0.2) is 4.79 Å². The predicted octanol–water partition coefficient (Wildman–Crippen LogP) is 6.13. The maximum absolute atomic E-state index is 15.1. The summed E-state index contributed by atoms with van der Waals surface area (Å²) < 4.78 is 5.83. The number of amides is 2. The van der Waals surface area contributed by atoms with Gasteiger partial charge in [-0.15, -0.1) is 0 Å². The number of carbonyl (C=O) groups is 5. The van der Waals surface area contributed by atoms with Crippen molar-refractivity contribution < 1.29 is 38.9 Å². The van der Waals surface area contributed by atoms with E-state index >= 15 is 9.59 Å². The summed E-state index contributed by atoms with van der Waals surface area (Å²) in [6.07, 6.45) is 3.72. The number of phenolic OH excluding ortho intramolecular Hbond substituents is 1. The largest absolute Gasteiger partial charge is 0.508 e. The molecule has 9 heteroatoms. The highest BCUT2D eigenvalue weighted by Crippen LogP contribution is 2.64. The van der Waals surface area contributed by atoms with Crippen LogP contribution in [0.4, 0.5) is 5.69 Å². The van der Waals surface area contributed by atoms with E-state index in [-0.39, 0.29) is 47.0 Å². The zero-order valence-corrected chi connectivity index (χ0v) is 27.6. The first-order valence-corrected chi connectivity index (χ1v) is 16.9. The predicted molar refractivity (Wildman–Crippen MR) is 187 cm³/mol. The van der Waals surface area contributed by atoms with Gasteiger partial charge in [0.05, 0.1) is 35.6 Å². The number of carboxylic acids is 1. The molecule has 254 valence electrons. The standard InChI is InChI=1S/C42H33NO8/c1-51-34-20-27(44)15-16-29(34)37-28-17-18-30-36(40(48)43(39(30)47)26-14-8-11-24(19-26)41(49)50)32(28)21-33-38(46)31(23-9-4-2-5-10-23)22-35(45)42(33,37)25-12-6-3-7-13-25/h2-17,19-20,22,30,32-33,36-37,44H,18,21H2,1H3,(H,49,50)/t30-,32+,33-,36-,37+,42-/m0/s1. The van der Waals surface area contributed by atoms with Crippen molar-refractivity contribution in [1.29, 1.82) is 0 Å². The normalized spacial score (nSPS) is 26.8. The SMILES string of the molecule is COc1cc(O)ccc1[C@H]1C2=CC[C@@H]3C(=O)N(c4cccc(C(=O)O)c4)C(=O)[C@@H]3[C@@H]2C[C@H]2C(=O)C(c3ccccc3)=CC(=O)[C@@]12c1ccccc1. The molecule has 0 radical (unpaired) electrons. The summed E-state index contributed by atoms with van der Waals surface area (Å²) in [5.74, 6) is -6.30. The molecule has 4 aromatic rings. The zero-order chi connectivity index (χ0) is 35.6. The summed E-state index contributed by atoms with van der Waals surface area (Å²) in [6, 6.07) is 28.7. The number of methoxy groups -OCH3 is 1. The van der Waals surface area contributed by atoms with Crippen molar-refractivity contribution in [2.45, 2.75) is 24.2 Å². The topological polar surface area (TPSA) is 138 Å². The van der Waals surface area contributed by atoms with Gasteiger partial charge in [0.15, 0.2) is 11.6 Å². The highest BCUT2D eigenvalue weighted by Gasteiger charge is 2.66. The van der Waals surface area contributed by atoms with Gasteiger partial charge in [0, 0.05) is 29.0 Å². The molecule has 0 aromatic heterocycles. The molecular formula is C42H33NO8. The lowest BCUT2D eigenvalue weighted by Gasteiger charge is -2.55. The van der Waals surface area contributed by atoms with Gasteiger partial charge >= 0.3 is 5.97 Å². The number of imide groups is 1. The van der Waals surface area contributed by atoms with Crippen LogP contribution >= 0.6 is 0 Å². The van der Waals surface area contributed by atoms with E-state index in [1.807, 2.05) is 42.5 Å². The number of aromatic carboxylic acids is 1. The second kappa shape index (κ2) is 12.1. The molecule has 3 aliphatic carbocycles. The zero-order valence-electron chi connectivity index (χ0n) is 27.6. The number of hydrogen-bond acceptors (Lipinski definition) is 7. The van der Waals surface area contributed by atoms with E-state index in [4.69, 9.17) is 4.74 Å². The lowest BCUT2D eigenvalue weighted by molar-refractivity contribution is -0.135. The average molecular weight is 680 g/mol. The molecule has 0 unspecified atom stereocenters. The van der Waals surface area contributed by atoms with E-state index in [2.05, 4.69) is 0 Å². The second-order valence-electron chi connectivity index (χ2n) is 13.6. The Hall–Kier alpha value is -6.09. The number of fused-ring (bicyclic) bond motifs is 4. The minimum atomic E-state index is -1.45. The van der Waals surface area contributed by atoms with Gasteiger partial charge in [-0.1, -0.05) is 84.4 Å². The van der Waals surface area contributed by atoms with Crippen molar-refractivity contribution in [3.63, 3.8) is 0 Å². The summed E-state index contributed by atoms with van der Waals surface area (Å²) in [6.45, 7) is 0. The van der Waals surface area contributed by atoms with E-state index < -0.39 is 52.8 Å². The van der Waals surface area contributed by atoms with E-state index in [0.717, 1.165) is 10.5 Å². The van der Waals surface area contributed by atoms with Gasteiger partial charge in [0.2, 0.25) is 11.8 Å². The molecule has 1 aliphatic heterocycles. The summed E-state index contributed by atoms with van der Waals surface area (Å²) in [4.78, 5) is 71.7. The van der Waals surface area contributed by atoms with E-state index in [0.29, 0.717) is 22.4 Å². The molecule has 4 aromatic carbocycles. The summed E-state index contributed by atoms with van der Waals surface area (Å²) in [7, 11) is 1.47. The van der Waals surface area contributed by atoms with Crippen LogP contribution in [0, 0.1) is 23.7 Å². The van der Waals surface area contributed by atoms with Gasteiger partial charge in [0.1, 0.15) is 11.5 Å². The van der Waals surface area contributed by atoms with Gasteiger partial charge in [-0.2, -0.15) is 0 Å². The van der Waals surface area contributed by atoms with Crippen LogP contribution < -0.4 is 9.64 Å². The number of allylic oxidation sites excluding steroid dienone is 4. The number of phenols is 1. The van der Waals surface area contributed by atoms with Crippen LogP contribution in [0.2, 0.25) is 0 Å². The number of ketones is 2. The molecule has 2 fully saturated rings. The number of nitrogens with zero attached hydrogens (tertiary/aromatic N) is 1. The molecule has 51 heavy (non-hydrogen) atoms. The number of carbonyl (C=O) groups excluding carboxylic acids is 4. The van der Waals surface area contributed by atoms with E-state index in [1.165, 1.54) is 43.5 Å². The number of ether oxygens (including phenoxy) is 1. The van der Waals surface area contributed by atoms with Crippen molar-refractivity contribution in [3.05, 3.63) is 143 Å². The van der Waals surface area contributed by atoms with E-state index in [1.54, 1.807) is 36.4 Å². The molecule has 9 nitrogen and oxygen atoms in total. The third-order valence-corrected chi connectivity index (χ3v) is 11.3. The highest BCUT2D eigenvalue weighted by molar-refractivity contribution is 6.32. The Kier molecular flexibility index (Phi) is 7.59. The van der Waals surface area contributed by atoms with Crippen molar-refractivity contribution in [1.82, 2.24) is 0 Å². The molecule has 4 aliphatic rings. The van der Waals surface area contributed by atoms with Crippen LogP contribution in [-0.4, -0.2) is 46.7 Å². The molecule has 1 saturated heterocycles. The fraction of sp³-hybridized carbons (Fsp3) is 0.214. The van der Waals surface area contributed by atoms with Gasteiger partial charge < -0.3 is 14.9 Å². The number of aromatic hydroxyl groups is 1. The molecule has 1 saturated carbocycles. The van der Waals surface area contributed by atoms with Crippen LogP contribution in [-0.2, 0) is 24.6 Å². The lowest BCUT2D eigenvalue weighted by atomic mass is 9.44. The maximum Gasteiger partial charge on any atom is 0.335 e. The van der Waals surface area contributed by atoms with Crippen molar-refractivity contribution in [2.24, 2.45) is 23.7 Å². The average Bonchev–Trinajstić information content (AvgIpc) is 3.41. The Morgan fingerprint density at radius 2 is 1.57 bits per heavy atom. The Bertz CT molecular complexity index is 2210. The maximum atomic E-state index is 15.1. The first-order chi connectivity index (χ1) is 24.7. The van der Waals surface area contributed by atoms with Crippen molar-refractivity contribution >= 4 is 40.6 Å². The fourth-order valence-electron chi connectivity index (χ4n) is 9.19. The Morgan fingerprint density at radius 1 is 0.843 bits per heavy atom. The number of Topliss-reactive ketones (excluding diaryl/α,β-unsaturated/α-hetero) is 1. The number of hydrogen-bond donors (Lipinski definition) is 2. The van der Waals surface area contributed by atoms with Crippen molar-refractivity contribution in [3.8, 4) is 11.5 Å². The Morgan fingerprint density at radius 3 is 2.27 bits per heavy atom. The van der Waals surface area contributed by atoms with Crippen LogP contribution in [0.1, 0.15) is 45.8 Å². The quantitative estimate of drug-likeness (QED) is 0.184. The third-order valence-electron chi connectivity index (χ3n) is 11.3. The smallest absolute Gasteiger partial charge is 0.335 e. The fourth-order valence-corrected chi connectivity index (χ4v) is 9.19. The molecule has 0 bridgehead atoms. The molecule has 6 atom stereocenters. The molecule has 1 heterocycles.